The Hall–Kier alpha value is -4.34. The monoisotopic (exact) mass is 846 g/mol. The van der Waals surface area contributed by atoms with Gasteiger partial charge in [0.2, 0.25) is 0 Å². The van der Waals surface area contributed by atoms with Gasteiger partial charge in [-0.1, -0.05) is 47.2 Å². The number of benzene rings is 3. The minimum atomic E-state index is -0.893. The highest BCUT2D eigenvalue weighted by Gasteiger charge is 2.34. The van der Waals surface area contributed by atoms with E-state index >= 15 is 0 Å². The molecule has 0 unspecified atom stereocenters. The second kappa shape index (κ2) is 17.2. The van der Waals surface area contributed by atoms with E-state index in [9.17, 15) is 14.4 Å². The number of allylic oxidation sites excluding steroid dienone is 1. The van der Waals surface area contributed by atoms with Crippen LogP contribution in [0.2, 0.25) is 5.02 Å². The number of fused-ring (bicyclic) bond motifs is 1. The number of aromatic nitrogens is 1. The number of carbonyl (C=O) groups excluding carboxylic acids is 2. The molecule has 4 aromatic rings. The first kappa shape index (κ1) is 37.9. The molecule has 0 amide bonds. The van der Waals surface area contributed by atoms with Crippen LogP contribution in [-0.4, -0.2) is 50.0 Å². The Morgan fingerprint density at radius 2 is 1.71 bits per heavy atom. The normalized spacial score (nSPS) is 14.0. The fourth-order valence-electron chi connectivity index (χ4n) is 5.38. The summed E-state index contributed by atoms with van der Waals surface area (Å²) in [6, 6.07) is 15.3. The van der Waals surface area contributed by atoms with Crippen molar-refractivity contribution in [3.8, 4) is 23.0 Å². The van der Waals surface area contributed by atoms with E-state index in [1.165, 1.54) is 23.0 Å². The number of nitrogens with zero attached hydrogens (tertiary/aromatic N) is 2. The van der Waals surface area contributed by atoms with Crippen LogP contribution >= 0.6 is 45.5 Å². The van der Waals surface area contributed by atoms with Crippen LogP contribution in [0.25, 0.3) is 6.08 Å². The lowest BCUT2D eigenvalue weighted by Crippen LogP contribution is -2.40. The Morgan fingerprint density at radius 1 is 0.961 bits per heavy atom. The fourth-order valence-corrected chi connectivity index (χ4v) is 7.39. The fraction of sp³-hybridized carbons (Fsp3) is 0.297. The summed E-state index contributed by atoms with van der Waals surface area (Å²) in [6.45, 7) is 7.88. The second-order valence-corrected chi connectivity index (χ2v) is 13.5. The van der Waals surface area contributed by atoms with Crippen molar-refractivity contribution in [2.75, 3.05) is 33.5 Å². The van der Waals surface area contributed by atoms with Gasteiger partial charge in [-0.15, -0.1) is 0 Å². The molecule has 268 valence electrons. The van der Waals surface area contributed by atoms with Gasteiger partial charge in [0.05, 0.1) is 52.3 Å². The van der Waals surface area contributed by atoms with Crippen LogP contribution < -0.4 is 33.8 Å². The Morgan fingerprint density at radius 3 is 2.41 bits per heavy atom. The van der Waals surface area contributed by atoms with E-state index in [1.54, 1.807) is 38.1 Å². The maximum Gasteiger partial charge on any atom is 0.343 e. The highest BCUT2D eigenvalue weighted by molar-refractivity contribution is 14.1. The molecule has 1 aromatic heterocycles. The summed E-state index contributed by atoms with van der Waals surface area (Å²) in [5.41, 5.74) is 2.39. The van der Waals surface area contributed by atoms with Gasteiger partial charge in [0.25, 0.3) is 5.56 Å². The van der Waals surface area contributed by atoms with Gasteiger partial charge < -0.3 is 28.4 Å². The number of carbonyl (C=O) groups is 2. The molecular weight excluding hydrogens is 811 g/mol. The van der Waals surface area contributed by atoms with Crippen LogP contribution in [0.3, 0.4) is 0 Å². The number of hydrogen-bond donors (Lipinski definition) is 0. The van der Waals surface area contributed by atoms with Gasteiger partial charge in [-0.3, -0.25) is 9.36 Å². The Balaban J connectivity index is 1.60. The predicted molar refractivity (Wildman–Crippen MR) is 202 cm³/mol. The van der Waals surface area contributed by atoms with E-state index in [1.807, 2.05) is 50.2 Å². The van der Waals surface area contributed by atoms with Crippen molar-refractivity contribution in [1.82, 2.24) is 4.57 Å². The van der Waals surface area contributed by atoms with Crippen LogP contribution in [0.5, 0.6) is 23.0 Å². The third-order valence-corrected chi connectivity index (χ3v) is 9.79. The number of rotatable bonds is 14. The summed E-state index contributed by atoms with van der Waals surface area (Å²) < 4.78 is 36.4. The molecular formula is C37H36ClIN2O9S. The lowest BCUT2D eigenvalue weighted by Gasteiger charge is -2.25. The third-order valence-electron chi connectivity index (χ3n) is 7.63. The van der Waals surface area contributed by atoms with Crippen molar-refractivity contribution >= 4 is 63.5 Å². The number of thiazole rings is 1. The molecule has 51 heavy (non-hydrogen) atoms. The van der Waals surface area contributed by atoms with E-state index in [2.05, 4.69) is 27.6 Å². The molecule has 0 fully saturated rings. The molecule has 1 atom stereocenters. The van der Waals surface area contributed by atoms with Crippen LogP contribution in [0.15, 0.2) is 75.7 Å². The minimum absolute atomic E-state index is 0.135. The summed E-state index contributed by atoms with van der Waals surface area (Å²) in [5.74, 6) is 0.565. The molecule has 0 saturated heterocycles. The molecule has 0 saturated carbocycles. The van der Waals surface area contributed by atoms with Gasteiger partial charge in [0.15, 0.2) is 34.4 Å². The average Bonchev–Trinajstić information content (AvgIpc) is 3.40. The Labute approximate surface area is 317 Å². The van der Waals surface area contributed by atoms with E-state index < -0.39 is 18.0 Å². The molecule has 2 heterocycles. The Bertz CT molecular complexity index is 2160. The SMILES string of the molecule is CCOC(=O)C1=C(C)N=c2s/c(=C/c3cc(I)c(OCc4ccccc4Cl)c(OCC)c3)c(=O)n2[C@@H]1c1ccc(OCC(=O)OC)c(OCC)c1. The van der Waals surface area contributed by atoms with Crippen molar-refractivity contribution in [2.24, 2.45) is 4.99 Å². The summed E-state index contributed by atoms with van der Waals surface area (Å²) in [7, 11) is 1.27. The van der Waals surface area contributed by atoms with Crippen molar-refractivity contribution in [1.29, 1.82) is 0 Å². The predicted octanol–water partition coefficient (Wildman–Crippen LogP) is 5.98. The van der Waals surface area contributed by atoms with Gasteiger partial charge in [0.1, 0.15) is 6.61 Å². The summed E-state index contributed by atoms with van der Waals surface area (Å²) in [6.07, 6.45) is 1.77. The zero-order chi connectivity index (χ0) is 36.7. The number of ether oxygens (including phenoxy) is 6. The van der Waals surface area contributed by atoms with Gasteiger partial charge in [-0.05, 0) is 97.8 Å². The Kier molecular flexibility index (Phi) is 12.8. The molecule has 1 aliphatic rings. The number of hydrogen-bond acceptors (Lipinski definition) is 11. The molecule has 5 rings (SSSR count). The average molecular weight is 847 g/mol. The zero-order valence-corrected chi connectivity index (χ0v) is 32.3. The quantitative estimate of drug-likeness (QED) is 0.111. The first-order valence-electron chi connectivity index (χ1n) is 16.1. The molecule has 0 bridgehead atoms. The molecule has 0 radical (unpaired) electrons. The zero-order valence-electron chi connectivity index (χ0n) is 28.6. The maximum absolute atomic E-state index is 14.3. The summed E-state index contributed by atoms with van der Waals surface area (Å²) >= 11 is 9.73. The number of methoxy groups -OCH3 is 1. The molecule has 0 N–H and O–H groups in total. The van der Waals surface area contributed by atoms with Crippen LogP contribution in [0.1, 0.15) is 50.4 Å². The van der Waals surface area contributed by atoms with Gasteiger partial charge in [0, 0.05) is 10.6 Å². The van der Waals surface area contributed by atoms with Crippen LogP contribution in [0, 0.1) is 3.57 Å². The molecule has 0 spiro atoms. The molecule has 11 nitrogen and oxygen atoms in total. The van der Waals surface area contributed by atoms with Gasteiger partial charge >= 0.3 is 11.9 Å². The molecule has 0 aliphatic carbocycles. The van der Waals surface area contributed by atoms with E-state index in [4.69, 9.17) is 40.0 Å². The molecule has 3 aromatic carbocycles. The standard InChI is InChI=1S/C37H36ClIN2O9S/c1-6-46-28-18-23(13-14-27(28)49-20-31(42)45-5)33-32(36(44)48-8-3)21(4)40-37-41(33)35(43)30(51-37)17-22-15-26(39)34(29(16-22)47-7-2)50-19-24-11-9-10-12-25(24)38/h9-18,33H,6-8,19-20H2,1-5H3/b30-17+/t33-/m1/s1. The van der Waals surface area contributed by atoms with E-state index in [-0.39, 0.29) is 31.0 Å². The molecule has 1 aliphatic heterocycles. The lowest BCUT2D eigenvalue weighted by atomic mass is 9.95. The first-order valence-corrected chi connectivity index (χ1v) is 18.4. The van der Waals surface area contributed by atoms with E-state index in [0.29, 0.717) is 67.4 Å². The van der Waals surface area contributed by atoms with Crippen molar-refractivity contribution < 1.29 is 38.0 Å². The van der Waals surface area contributed by atoms with Crippen LogP contribution in [-0.2, 0) is 25.7 Å². The summed E-state index contributed by atoms with van der Waals surface area (Å²) in [5, 5.41) is 0.606. The summed E-state index contributed by atoms with van der Waals surface area (Å²) in [4.78, 5) is 44.6. The highest BCUT2D eigenvalue weighted by atomic mass is 127. The lowest BCUT2D eigenvalue weighted by molar-refractivity contribution is -0.143. The van der Waals surface area contributed by atoms with Crippen molar-refractivity contribution in [3.05, 3.63) is 111 Å². The van der Waals surface area contributed by atoms with Crippen LogP contribution in [0.4, 0.5) is 0 Å². The van der Waals surface area contributed by atoms with E-state index in [0.717, 1.165) is 9.13 Å². The van der Waals surface area contributed by atoms with Gasteiger partial charge in [-0.2, -0.15) is 0 Å². The number of esters is 2. The largest absolute Gasteiger partial charge is 0.490 e. The first-order chi connectivity index (χ1) is 24.6. The number of halogens is 2. The highest BCUT2D eigenvalue weighted by Crippen LogP contribution is 2.37. The topological polar surface area (TPSA) is 124 Å². The second-order valence-electron chi connectivity index (χ2n) is 10.9. The minimum Gasteiger partial charge on any atom is -0.490 e. The third kappa shape index (κ3) is 8.59. The smallest absolute Gasteiger partial charge is 0.343 e. The van der Waals surface area contributed by atoms with Gasteiger partial charge in [-0.25, -0.2) is 14.6 Å². The molecule has 14 heteroatoms. The van der Waals surface area contributed by atoms with Crippen molar-refractivity contribution in [3.63, 3.8) is 0 Å². The maximum atomic E-state index is 14.3. The van der Waals surface area contributed by atoms with Crippen molar-refractivity contribution in [2.45, 2.75) is 40.3 Å².